The van der Waals surface area contributed by atoms with E-state index in [4.69, 9.17) is 11.6 Å². The molecule has 4 rings (SSSR count). The summed E-state index contributed by atoms with van der Waals surface area (Å²) in [5.74, 6) is 0.342. The van der Waals surface area contributed by atoms with Crippen molar-refractivity contribution in [2.75, 3.05) is 29.2 Å². The summed E-state index contributed by atoms with van der Waals surface area (Å²) in [4.78, 5) is 25.6. The highest BCUT2D eigenvalue weighted by Gasteiger charge is 2.35. The number of carbonyl (C=O) groups is 1. The van der Waals surface area contributed by atoms with Crippen LogP contribution in [0.1, 0.15) is 18.0 Å². The maximum atomic E-state index is 12.1. The van der Waals surface area contributed by atoms with Crippen LogP contribution < -0.4 is 15.8 Å². The summed E-state index contributed by atoms with van der Waals surface area (Å²) in [6.07, 6.45) is 1.09. The first-order chi connectivity index (χ1) is 11.6. The minimum Gasteiger partial charge on any atom is -0.346 e. The van der Waals surface area contributed by atoms with Crippen molar-refractivity contribution in [1.82, 2.24) is 14.8 Å². The molecule has 9 heteroatoms. The smallest absolute Gasteiger partial charge is 0.250 e. The molecule has 1 saturated heterocycles. The molecule has 0 aromatic carbocycles. The predicted octanol–water partition coefficient (Wildman–Crippen LogP) is 1.50. The Bertz CT molecular complexity index is 835. The topological polar surface area (TPSA) is 80.1 Å². The number of pyridine rings is 1. The Morgan fingerprint density at radius 3 is 3.04 bits per heavy atom. The number of rotatable bonds is 3. The second-order valence-corrected chi connectivity index (χ2v) is 7.40. The number of nitrogens with zero attached hydrogens (tertiary/aromatic N) is 4. The van der Waals surface area contributed by atoms with Gasteiger partial charge < -0.3 is 9.47 Å². The third kappa shape index (κ3) is 2.80. The van der Waals surface area contributed by atoms with E-state index in [-0.39, 0.29) is 17.3 Å². The molecule has 126 valence electrons. The van der Waals surface area contributed by atoms with Crippen LogP contribution in [0, 0.1) is 5.92 Å². The van der Waals surface area contributed by atoms with E-state index < -0.39 is 0 Å². The fourth-order valence-electron chi connectivity index (χ4n) is 3.60. The number of halogens is 1. The lowest BCUT2D eigenvalue weighted by Crippen LogP contribution is -2.47. The summed E-state index contributed by atoms with van der Waals surface area (Å²) in [6.45, 7) is 2.39. The van der Waals surface area contributed by atoms with E-state index in [9.17, 15) is 9.59 Å². The molecule has 0 saturated carbocycles. The van der Waals surface area contributed by atoms with Crippen LogP contribution in [0.3, 0.4) is 0 Å². The number of nitrogens with one attached hydrogen (secondary N) is 1. The van der Waals surface area contributed by atoms with Crippen molar-refractivity contribution in [2.45, 2.75) is 18.9 Å². The molecule has 7 nitrogen and oxygen atoms in total. The molecule has 0 radical (unpaired) electrons. The van der Waals surface area contributed by atoms with Gasteiger partial charge in [-0.25, -0.2) is 0 Å². The van der Waals surface area contributed by atoms with Crippen molar-refractivity contribution in [2.24, 2.45) is 5.92 Å². The summed E-state index contributed by atoms with van der Waals surface area (Å²) in [7, 11) is 0. The fraction of sp³-hybridized carbons (Fsp3) is 0.467. The standard InChI is InChI=1S/C15H16ClN5O2S/c16-5-12(22)17-14-18-19-15(24-14)20-6-9-4-10(8-20)11-2-1-3-13(23)21(11)7-9/h1-3,9-10H,4-8H2,(H,17,18,22)/t9-,10+/m0/s1. The second-order valence-electron chi connectivity index (χ2n) is 6.17. The van der Waals surface area contributed by atoms with Gasteiger partial charge in [-0.15, -0.1) is 21.8 Å². The molecular formula is C15H16ClN5O2S. The van der Waals surface area contributed by atoms with E-state index in [1.807, 2.05) is 16.7 Å². The highest BCUT2D eigenvalue weighted by molar-refractivity contribution is 7.19. The summed E-state index contributed by atoms with van der Waals surface area (Å²) in [6, 6.07) is 5.50. The molecule has 1 fully saturated rings. The minimum absolute atomic E-state index is 0.0811. The average molecular weight is 366 g/mol. The zero-order chi connectivity index (χ0) is 16.7. The fourth-order valence-corrected chi connectivity index (χ4v) is 4.45. The summed E-state index contributed by atoms with van der Waals surface area (Å²) in [5, 5.41) is 12.1. The van der Waals surface area contributed by atoms with Crippen LogP contribution in [0.2, 0.25) is 0 Å². The van der Waals surface area contributed by atoms with Crippen molar-refractivity contribution in [3.05, 3.63) is 34.2 Å². The summed E-state index contributed by atoms with van der Waals surface area (Å²) in [5.41, 5.74) is 1.18. The van der Waals surface area contributed by atoms with Crippen LogP contribution in [0.4, 0.5) is 10.3 Å². The third-order valence-corrected chi connectivity index (χ3v) is 5.67. The Hall–Kier alpha value is -1.93. The Kier molecular flexibility index (Phi) is 4.01. The molecule has 1 N–H and O–H groups in total. The number of piperidine rings is 1. The first kappa shape index (κ1) is 15.6. The van der Waals surface area contributed by atoms with Gasteiger partial charge >= 0.3 is 0 Å². The maximum absolute atomic E-state index is 12.1. The van der Waals surface area contributed by atoms with Gasteiger partial charge in [0.1, 0.15) is 5.88 Å². The maximum Gasteiger partial charge on any atom is 0.250 e. The lowest BCUT2D eigenvalue weighted by molar-refractivity contribution is -0.113. The molecule has 0 aliphatic carbocycles. The zero-order valence-electron chi connectivity index (χ0n) is 12.8. The number of hydrogen-bond acceptors (Lipinski definition) is 6. The normalized spacial score (nSPS) is 22.1. The number of aromatic nitrogens is 3. The molecule has 2 aliphatic heterocycles. The molecule has 2 aromatic rings. The van der Waals surface area contributed by atoms with Crippen LogP contribution in [0.5, 0.6) is 0 Å². The molecule has 2 aromatic heterocycles. The van der Waals surface area contributed by atoms with Crippen LogP contribution in [-0.4, -0.2) is 39.6 Å². The minimum atomic E-state index is -0.289. The monoisotopic (exact) mass is 365 g/mol. The lowest BCUT2D eigenvalue weighted by atomic mass is 9.83. The van der Waals surface area contributed by atoms with Gasteiger partial charge in [0.2, 0.25) is 16.2 Å². The second kappa shape index (κ2) is 6.18. The van der Waals surface area contributed by atoms with Crippen LogP contribution in [-0.2, 0) is 11.3 Å². The molecule has 2 bridgehead atoms. The SMILES string of the molecule is O=C(CCl)Nc1nnc(N2C[C@@H]3C[C@H](C2)c2cccc(=O)n2C3)s1. The highest BCUT2D eigenvalue weighted by Crippen LogP contribution is 2.38. The Morgan fingerprint density at radius 2 is 2.21 bits per heavy atom. The molecule has 24 heavy (non-hydrogen) atoms. The number of anilines is 2. The summed E-state index contributed by atoms with van der Waals surface area (Å²) < 4.78 is 1.91. The average Bonchev–Trinajstić information content (AvgIpc) is 3.04. The van der Waals surface area contributed by atoms with Gasteiger partial charge in [0, 0.05) is 37.3 Å². The van der Waals surface area contributed by atoms with E-state index in [0.717, 1.165) is 36.9 Å². The molecular weight excluding hydrogens is 350 g/mol. The number of carbonyl (C=O) groups excluding carboxylic acids is 1. The van der Waals surface area contributed by atoms with Gasteiger partial charge in [-0.3, -0.25) is 14.9 Å². The van der Waals surface area contributed by atoms with E-state index in [1.165, 1.54) is 11.3 Å². The van der Waals surface area contributed by atoms with Crippen LogP contribution >= 0.6 is 22.9 Å². The number of amides is 1. The molecule has 0 spiro atoms. The Balaban J connectivity index is 1.56. The zero-order valence-corrected chi connectivity index (χ0v) is 14.4. The highest BCUT2D eigenvalue weighted by atomic mass is 35.5. The largest absolute Gasteiger partial charge is 0.346 e. The predicted molar refractivity (Wildman–Crippen MR) is 93.0 cm³/mol. The van der Waals surface area contributed by atoms with Gasteiger partial charge in [-0.05, 0) is 18.4 Å². The number of fused-ring (bicyclic) bond motifs is 4. The molecule has 2 atom stereocenters. The third-order valence-electron chi connectivity index (χ3n) is 4.53. The molecule has 0 unspecified atom stereocenters. The van der Waals surface area contributed by atoms with Crippen molar-refractivity contribution < 1.29 is 4.79 Å². The molecule has 2 aliphatic rings. The van der Waals surface area contributed by atoms with Crippen molar-refractivity contribution in [1.29, 1.82) is 0 Å². The van der Waals surface area contributed by atoms with E-state index in [2.05, 4.69) is 20.4 Å². The number of hydrogen-bond donors (Lipinski definition) is 1. The van der Waals surface area contributed by atoms with Crippen molar-refractivity contribution in [3.63, 3.8) is 0 Å². The van der Waals surface area contributed by atoms with Gasteiger partial charge in [-0.2, -0.15) is 0 Å². The van der Waals surface area contributed by atoms with E-state index in [1.54, 1.807) is 6.07 Å². The Labute approximate surface area is 147 Å². The van der Waals surface area contributed by atoms with Crippen molar-refractivity contribution >= 4 is 39.1 Å². The van der Waals surface area contributed by atoms with Gasteiger partial charge in [0.05, 0.1) is 0 Å². The lowest BCUT2D eigenvalue weighted by Gasteiger charge is -2.42. The molecule has 4 heterocycles. The van der Waals surface area contributed by atoms with Gasteiger partial charge in [-0.1, -0.05) is 17.4 Å². The quantitative estimate of drug-likeness (QED) is 0.834. The van der Waals surface area contributed by atoms with Crippen molar-refractivity contribution in [3.8, 4) is 0 Å². The van der Waals surface area contributed by atoms with Crippen LogP contribution in [0.25, 0.3) is 0 Å². The van der Waals surface area contributed by atoms with E-state index >= 15 is 0 Å². The van der Waals surface area contributed by atoms with E-state index in [0.29, 0.717) is 17.0 Å². The summed E-state index contributed by atoms with van der Waals surface area (Å²) >= 11 is 6.84. The Morgan fingerprint density at radius 1 is 1.33 bits per heavy atom. The first-order valence-electron chi connectivity index (χ1n) is 7.78. The first-order valence-corrected chi connectivity index (χ1v) is 9.13. The number of alkyl halides is 1. The van der Waals surface area contributed by atoms with Gasteiger partial charge in [0.15, 0.2) is 0 Å². The molecule has 1 amide bonds. The van der Waals surface area contributed by atoms with Gasteiger partial charge in [0.25, 0.3) is 5.56 Å². The van der Waals surface area contributed by atoms with Crippen LogP contribution in [0.15, 0.2) is 23.0 Å².